The summed E-state index contributed by atoms with van der Waals surface area (Å²) in [5.41, 5.74) is 0.799. The van der Waals surface area contributed by atoms with Gasteiger partial charge in [0.1, 0.15) is 6.33 Å². The predicted molar refractivity (Wildman–Crippen MR) is 69.5 cm³/mol. The first-order chi connectivity index (χ1) is 8.86. The second kappa shape index (κ2) is 4.89. The molecule has 0 atom stereocenters. The Morgan fingerprint density at radius 2 is 2.00 bits per heavy atom. The standard InChI is InChI=1S/C12H18N6/c1-13-9-2-4-10(5-3-9)16-11-12-17-15-8-18(12)7-6-14-11/h6-10,13H,2-5H2,1H3,(H,14,16). The van der Waals surface area contributed by atoms with Gasteiger partial charge in [0.05, 0.1) is 0 Å². The smallest absolute Gasteiger partial charge is 0.203 e. The van der Waals surface area contributed by atoms with Crippen LogP contribution < -0.4 is 10.6 Å². The SMILES string of the molecule is CNC1CCC(Nc2nccn3cnnc23)CC1. The predicted octanol–water partition coefficient (Wildman–Crippen LogP) is 1.07. The third-order valence-electron chi connectivity index (χ3n) is 3.69. The van der Waals surface area contributed by atoms with Crippen LogP contribution in [-0.2, 0) is 0 Å². The highest BCUT2D eigenvalue weighted by atomic mass is 15.2. The minimum atomic E-state index is 0.491. The Kier molecular flexibility index (Phi) is 3.10. The van der Waals surface area contributed by atoms with Crippen molar-refractivity contribution >= 4 is 11.5 Å². The molecule has 18 heavy (non-hydrogen) atoms. The van der Waals surface area contributed by atoms with Crippen molar-refractivity contribution in [3.8, 4) is 0 Å². The first-order valence-corrected chi connectivity index (χ1v) is 6.45. The van der Waals surface area contributed by atoms with Gasteiger partial charge in [-0.15, -0.1) is 10.2 Å². The zero-order valence-corrected chi connectivity index (χ0v) is 10.5. The summed E-state index contributed by atoms with van der Waals surface area (Å²) in [6.45, 7) is 0. The molecule has 2 aromatic heterocycles. The van der Waals surface area contributed by atoms with Gasteiger partial charge in [0.15, 0.2) is 5.82 Å². The van der Waals surface area contributed by atoms with Gasteiger partial charge in [-0.3, -0.25) is 4.40 Å². The zero-order chi connectivity index (χ0) is 12.4. The highest BCUT2D eigenvalue weighted by Crippen LogP contribution is 2.22. The Morgan fingerprint density at radius 3 is 2.78 bits per heavy atom. The van der Waals surface area contributed by atoms with E-state index < -0.39 is 0 Å². The van der Waals surface area contributed by atoms with E-state index in [-0.39, 0.29) is 0 Å². The minimum absolute atomic E-state index is 0.491. The summed E-state index contributed by atoms with van der Waals surface area (Å²) in [4.78, 5) is 4.36. The molecule has 0 spiro atoms. The van der Waals surface area contributed by atoms with Crippen molar-refractivity contribution in [3.63, 3.8) is 0 Å². The van der Waals surface area contributed by atoms with E-state index in [4.69, 9.17) is 0 Å². The van der Waals surface area contributed by atoms with E-state index >= 15 is 0 Å². The summed E-state index contributed by atoms with van der Waals surface area (Å²) in [7, 11) is 2.04. The molecule has 6 nitrogen and oxygen atoms in total. The van der Waals surface area contributed by atoms with Crippen LogP contribution in [0.1, 0.15) is 25.7 Å². The molecule has 0 saturated heterocycles. The van der Waals surface area contributed by atoms with E-state index in [9.17, 15) is 0 Å². The molecule has 0 bridgehead atoms. The fourth-order valence-electron chi connectivity index (χ4n) is 2.58. The van der Waals surface area contributed by atoms with E-state index in [1.54, 1.807) is 12.5 Å². The Bertz CT molecular complexity index is 514. The van der Waals surface area contributed by atoms with Crippen molar-refractivity contribution < 1.29 is 0 Å². The van der Waals surface area contributed by atoms with Crippen LogP contribution in [0.3, 0.4) is 0 Å². The monoisotopic (exact) mass is 246 g/mol. The van der Waals surface area contributed by atoms with Gasteiger partial charge in [0.2, 0.25) is 5.65 Å². The fraction of sp³-hybridized carbons (Fsp3) is 0.583. The summed E-state index contributed by atoms with van der Waals surface area (Å²) < 4.78 is 1.88. The zero-order valence-electron chi connectivity index (χ0n) is 10.5. The lowest BCUT2D eigenvalue weighted by atomic mass is 9.91. The molecular weight excluding hydrogens is 228 g/mol. The number of nitrogens with one attached hydrogen (secondary N) is 2. The quantitative estimate of drug-likeness (QED) is 0.848. The molecule has 1 aliphatic carbocycles. The van der Waals surface area contributed by atoms with Gasteiger partial charge in [0.25, 0.3) is 0 Å². The number of nitrogens with zero attached hydrogens (tertiary/aromatic N) is 4. The average Bonchev–Trinajstić information content (AvgIpc) is 2.89. The van der Waals surface area contributed by atoms with Crippen LogP contribution in [0.15, 0.2) is 18.7 Å². The molecule has 1 saturated carbocycles. The molecule has 0 amide bonds. The van der Waals surface area contributed by atoms with Gasteiger partial charge in [-0.05, 0) is 32.7 Å². The third-order valence-corrected chi connectivity index (χ3v) is 3.69. The number of fused-ring (bicyclic) bond motifs is 1. The molecule has 2 heterocycles. The van der Waals surface area contributed by atoms with Gasteiger partial charge in [0, 0.05) is 24.5 Å². The lowest BCUT2D eigenvalue weighted by Crippen LogP contribution is -2.35. The lowest BCUT2D eigenvalue weighted by Gasteiger charge is -2.29. The van der Waals surface area contributed by atoms with Gasteiger partial charge in [-0.2, -0.15) is 0 Å². The molecule has 6 heteroatoms. The average molecular weight is 246 g/mol. The first-order valence-electron chi connectivity index (χ1n) is 6.45. The molecule has 0 radical (unpaired) electrons. The highest BCUT2D eigenvalue weighted by molar-refractivity contribution is 5.61. The summed E-state index contributed by atoms with van der Waals surface area (Å²) >= 11 is 0. The normalized spacial score (nSPS) is 24.3. The molecule has 3 rings (SSSR count). The Balaban J connectivity index is 1.71. The molecule has 0 aromatic carbocycles. The van der Waals surface area contributed by atoms with Gasteiger partial charge >= 0.3 is 0 Å². The molecule has 0 unspecified atom stereocenters. The van der Waals surface area contributed by atoms with Gasteiger partial charge < -0.3 is 10.6 Å². The topological polar surface area (TPSA) is 67.1 Å². The molecule has 2 N–H and O–H groups in total. The minimum Gasteiger partial charge on any atom is -0.364 e. The second-order valence-electron chi connectivity index (χ2n) is 4.82. The fourth-order valence-corrected chi connectivity index (χ4v) is 2.58. The molecular formula is C12H18N6. The van der Waals surface area contributed by atoms with Crippen LogP contribution in [0.5, 0.6) is 0 Å². The van der Waals surface area contributed by atoms with Crippen molar-refractivity contribution in [1.29, 1.82) is 0 Å². The lowest BCUT2D eigenvalue weighted by molar-refractivity contribution is 0.371. The van der Waals surface area contributed by atoms with Crippen LogP contribution in [0.2, 0.25) is 0 Å². The summed E-state index contributed by atoms with van der Waals surface area (Å²) in [5, 5.41) is 14.8. The van der Waals surface area contributed by atoms with E-state index in [0.717, 1.165) is 11.5 Å². The van der Waals surface area contributed by atoms with Crippen molar-refractivity contribution in [3.05, 3.63) is 18.7 Å². The maximum atomic E-state index is 4.36. The van der Waals surface area contributed by atoms with Crippen LogP contribution in [0, 0.1) is 0 Å². The van der Waals surface area contributed by atoms with Crippen LogP contribution in [-0.4, -0.2) is 38.7 Å². The number of hydrogen-bond acceptors (Lipinski definition) is 5. The Morgan fingerprint density at radius 1 is 1.22 bits per heavy atom. The largest absolute Gasteiger partial charge is 0.364 e. The van der Waals surface area contributed by atoms with Crippen molar-refractivity contribution in [1.82, 2.24) is 24.9 Å². The van der Waals surface area contributed by atoms with Crippen molar-refractivity contribution in [2.45, 2.75) is 37.8 Å². The summed E-state index contributed by atoms with van der Waals surface area (Å²) in [6, 6.07) is 1.16. The summed E-state index contributed by atoms with van der Waals surface area (Å²) in [6.07, 6.45) is 10.1. The van der Waals surface area contributed by atoms with E-state index in [0.29, 0.717) is 12.1 Å². The van der Waals surface area contributed by atoms with E-state index in [1.165, 1.54) is 25.7 Å². The molecule has 1 aliphatic rings. The van der Waals surface area contributed by atoms with Crippen LogP contribution in [0.4, 0.5) is 5.82 Å². The molecule has 0 aliphatic heterocycles. The number of hydrogen-bond donors (Lipinski definition) is 2. The van der Waals surface area contributed by atoms with Gasteiger partial charge in [-0.25, -0.2) is 4.98 Å². The molecule has 1 fully saturated rings. The van der Waals surface area contributed by atoms with Gasteiger partial charge in [-0.1, -0.05) is 0 Å². The third kappa shape index (κ3) is 2.15. The highest BCUT2D eigenvalue weighted by Gasteiger charge is 2.20. The van der Waals surface area contributed by atoms with E-state index in [2.05, 4.69) is 25.8 Å². The number of aromatic nitrogens is 4. The van der Waals surface area contributed by atoms with Crippen molar-refractivity contribution in [2.75, 3.05) is 12.4 Å². The van der Waals surface area contributed by atoms with Crippen LogP contribution >= 0.6 is 0 Å². The van der Waals surface area contributed by atoms with Crippen molar-refractivity contribution in [2.24, 2.45) is 0 Å². The molecule has 96 valence electrons. The maximum absolute atomic E-state index is 4.36. The first kappa shape index (κ1) is 11.4. The number of anilines is 1. The number of rotatable bonds is 3. The molecule has 2 aromatic rings. The van der Waals surface area contributed by atoms with E-state index in [1.807, 2.05) is 17.6 Å². The summed E-state index contributed by atoms with van der Waals surface area (Å²) in [5.74, 6) is 0.836. The Labute approximate surface area is 106 Å². The maximum Gasteiger partial charge on any atom is 0.203 e. The Hall–Kier alpha value is -1.69. The van der Waals surface area contributed by atoms with Crippen LogP contribution in [0.25, 0.3) is 5.65 Å². The second-order valence-corrected chi connectivity index (χ2v) is 4.82.